The molecule has 3 nitrogen and oxygen atoms in total. The van der Waals surface area contributed by atoms with Gasteiger partial charge in [0.25, 0.3) is 0 Å². The molecule has 0 rings (SSSR count). The molecule has 0 heterocycles. The highest BCUT2D eigenvalue weighted by atomic mass is 16.6. The van der Waals surface area contributed by atoms with E-state index in [1.807, 2.05) is 0 Å². The quantitative estimate of drug-likeness (QED) is 0.524. The van der Waals surface area contributed by atoms with Crippen LogP contribution in [0.15, 0.2) is 0 Å². The summed E-state index contributed by atoms with van der Waals surface area (Å²) < 4.78 is 4.77. The van der Waals surface area contributed by atoms with Crippen LogP contribution in [0.4, 0.5) is 0 Å². The molecule has 0 aliphatic rings. The molecule has 0 amide bonds. The number of ether oxygens (including phenoxy) is 1. The van der Waals surface area contributed by atoms with Gasteiger partial charge in [-0.1, -0.05) is 0 Å². The van der Waals surface area contributed by atoms with Gasteiger partial charge in [-0.25, -0.2) is 0 Å². The summed E-state index contributed by atoms with van der Waals surface area (Å²) in [6.07, 6.45) is 0. The minimum atomic E-state index is -0.484. The lowest BCUT2D eigenvalue weighted by molar-refractivity contribution is -0.150. The van der Waals surface area contributed by atoms with Crippen molar-refractivity contribution in [3.8, 4) is 0 Å². The van der Waals surface area contributed by atoms with Crippen molar-refractivity contribution in [2.45, 2.75) is 26.4 Å². The molecule has 0 aromatic heterocycles. The zero-order valence-corrected chi connectivity index (χ0v) is 5.97. The maximum absolute atomic E-state index is 10.4. The highest BCUT2D eigenvalue weighted by Gasteiger charge is 2.14. The van der Waals surface area contributed by atoms with Gasteiger partial charge in [-0.05, 0) is 20.8 Å². The molecule has 0 atom stereocenters. The topological polar surface area (TPSA) is 52.3 Å². The van der Waals surface area contributed by atoms with E-state index in [9.17, 15) is 4.79 Å². The minimum absolute atomic E-state index is 0.438. The van der Waals surface area contributed by atoms with E-state index in [0.717, 1.165) is 6.54 Å². The number of hydrogen-bond acceptors (Lipinski definition) is 3. The Balaban J connectivity index is 3.60. The Kier molecular flexibility index (Phi) is 2.65. The fourth-order valence-corrected chi connectivity index (χ4v) is 0.336. The first kappa shape index (κ1) is 8.43. The second-order valence-electron chi connectivity index (χ2n) is 2.70. The van der Waals surface area contributed by atoms with Gasteiger partial charge in [0.1, 0.15) is 12.1 Å². The Morgan fingerprint density at radius 1 is 1.56 bits per heavy atom. The van der Waals surface area contributed by atoms with E-state index in [-0.39, 0.29) is 0 Å². The van der Waals surface area contributed by atoms with E-state index in [2.05, 4.69) is 0 Å². The molecular formula is C6H12NO2. The van der Waals surface area contributed by atoms with E-state index < -0.39 is 11.6 Å². The molecule has 0 bridgehead atoms. The van der Waals surface area contributed by atoms with Gasteiger partial charge in [-0.15, -0.1) is 0 Å². The van der Waals surface area contributed by atoms with Crippen LogP contribution in [0.2, 0.25) is 0 Å². The van der Waals surface area contributed by atoms with Crippen molar-refractivity contribution < 1.29 is 9.53 Å². The molecule has 1 radical (unpaired) electrons. The van der Waals surface area contributed by atoms with Crippen molar-refractivity contribution in [3.63, 3.8) is 0 Å². The monoisotopic (exact) mass is 130 g/mol. The van der Waals surface area contributed by atoms with Crippen LogP contribution in [0, 0.1) is 6.54 Å². The maximum Gasteiger partial charge on any atom is 0.325 e. The van der Waals surface area contributed by atoms with Crippen molar-refractivity contribution in [1.82, 2.24) is 0 Å². The molecule has 0 unspecified atom stereocenters. The van der Waals surface area contributed by atoms with E-state index >= 15 is 0 Å². The van der Waals surface area contributed by atoms with Crippen LogP contribution < -0.4 is 5.73 Å². The number of carbonyl (C=O) groups is 1. The largest absolute Gasteiger partial charge is 0.459 e. The Morgan fingerprint density at radius 2 is 2.00 bits per heavy atom. The van der Waals surface area contributed by atoms with Gasteiger partial charge >= 0.3 is 5.97 Å². The smallest absolute Gasteiger partial charge is 0.325 e. The summed E-state index contributed by atoms with van der Waals surface area (Å²) in [5, 5.41) is 0. The van der Waals surface area contributed by atoms with Crippen LogP contribution in [0.3, 0.4) is 0 Å². The molecule has 0 aromatic carbocycles. The summed E-state index contributed by atoms with van der Waals surface area (Å²) in [5.74, 6) is -0.484. The first-order valence-electron chi connectivity index (χ1n) is 2.73. The molecule has 0 saturated heterocycles. The third kappa shape index (κ3) is 5.30. The summed E-state index contributed by atoms with van der Waals surface area (Å²) in [6, 6.07) is 0. The van der Waals surface area contributed by atoms with Gasteiger partial charge in [0.2, 0.25) is 0 Å². The number of nitrogens with two attached hydrogens (primary N) is 1. The molecule has 53 valence electrons. The second-order valence-corrected chi connectivity index (χ2v) is 2.70. The third-order valence-electron chi connectivity index (χ3n) is 0.543. The fraction of sp³-hybridized carbons (Fsp3) is 0.667. The van der Waals surface area contributed by atoms with Crippen molar-refractivity contribution in [3.05, 3.63) is 6.54 Å². The van der Waals surface area contributed by atoms with E-state index in [1.165, 1.54) is 0 Å². The second kappa shape index (κ2) is 2.82. The van der Waals surface area contributed by atoms with Crippen LogP contribution in [-0.4, -0.2) is 11.6 Å². The number of carbonyl (C=O) groups excluding carboxylic acids is 1. The summed E-state index contributed by atoms with van der Waals surface area (Å²) in [4.78, 5) is 10.4. The van der Waals surface area contributed by atoms with Crippen LogP contribution in [0.25, 0.3) is 0 Å². The van der Waals surface area contributed by atoms with Gasteiger partial charge < -0.3 is 10.5 Å². The Labute approximate surface area is 55.2 Å². The summed E-state index contributed by atoms with van der Waals surface area (Å²) in [6.45, 7) is 6.27. The lowest BCUT2D eigenvalue weighted by Crippen LogP contribution is -2.25. The SMILES string of the molecule is CC(C)(C)OC(=O)[CH]N. The predicted octanol–water partition coefficient (Wildman–Crippen LogP) is 0.449. The fourth-order valence-electron chi connectivity index (χ4n) is 0.336. The zero-order chi connectivity index (χ0) is 7.49. The first-order chi connectivity index (χ1) is 3.95. The number of hydrogen-bond donors (Lipinski definition) is 1. The normalized spacial score (nSPS) is 11.1. The molecular weight excluding hydrogens is 118 g/mol. The van der Waals surface area contributed by atoms with Crippen LogP contribution in [0.1, 0.15) is 20.8 Å². The van der Waals surface area contributed by atoms with Crippen LogP contribution in [0.5, 0.6) is 0 Å². The van der Waals surface area contributed by atoms with Crippen molar-refractivity contribution in [2.75, 3.05) is 0 Å². The molecule has 0 aromatic rings. The Morgan fingerprint density at radius 3 is 2.11 bits per heavy atom. The Bertz CT molecular complexity index is 104. The van der Waals surface area contributed by atoms with Crippen molar-refractivity contribution in [1.29, 1.82) is 0 Å². The van der Waals surface area contributed by atoms with Gasteiger partial charge in [-0.3, -0.25) is 4.79 Å². The van der Waals surface area contributed by atoms with Gasteiger partial charge in [0.05, 0.1) is 0 Å². The van der Waals surface area contributed by atoms with Gasteiger partial charge in [0.15, 0.2) is 0 Å². The summed E-state index contributed by atoms with van der Waals surface area (Å²) in [7, 11) is 0. The molecule has 0 fully saturated rings. The average Bonchev–Trinajstić information content (AvgIpc) is 1.62. The number of rotatable bonds is 1. The van der Waals surface area contributed by atoms with Crippen molar-refractivity contribution in [2.24, 2.45) is 5.73 Å². The molecule has 0 aliphatic carbocycles. The van der Waals surface area contributed by atoms with Crippen molar-refractivity contribution >= 4 is 5.97 Å². The lowest BCUT2D eigenvalue weighted by atomic mass is 10.2. The summed E-state index contributed by atoms with van der Waals surface area (Å²) in [5.41, 5.74) is 4.44. The first-order valence-corrected chi connectivity index (χ1v) is 2.73. The minimum Gasteiger partial charge on any atom is -0.459 e. The standard InChI is InChI=1S/C6H12NO2/c1-6(2,3)9-5(8)4-7/h4H,7H2,1-3H3. The van der Waals surface area contributed by atoms with Gasteiger partial charge in [0, 0.05) is 0 Å². The molecule has 0 aliphatic heterocycles. The van der Waals surface area contributed by atoms with Crippen LogP contribution in [-0.2, 0) is 9.53 Å². The third-order valence-corrected chi connectivity index (χ3v) is 0.543. The lowest BCUT2D eigenvalue weighted by Gasteiger charge is -2.18. The molecule has 9 heavy (non-hydrogen) atoms. The molecule has 0 saturated carbocycles. The Hall–Kier alpha value is -0.570. The highest BCUT2D eigenvalue weighted by molar-refractivity contribution is 5.78. The van der Waals surface area contributed by atoms with E-state index in [4.69, 9.17) is 10.5 Å². The van der Waals surface area contributed by atoms with E-state index in [1.54, 1.807) is 20.8 Å². The van der Waals surface area contributed by atoms with E-state index in [0.29, 0.717) is 0 Å². The highest BCUT2D eigenvalue weighted by Crippen LogP contribution is 2.06. The summed E-state index contributed by atoms with van der Waals surface area (Å²) >= 11 is 0. The molecule has 2 N–H and O–H groups in total. The predicted molar refractivity (Wildman–Crippen MR) is 34.3 cm³/mol. The van der Waals surface area contributed by atoms with Crippen LogP contribution >= 0.6 is 0 Å². The van der Waals surface area contributed by atoms with Gasteiger partial charge in [-0.2, -0.15) is 0 Å². The zero-order valence-electron chi connectivity index (χ0n) is 5.97. The average molecular weight is 130 g/mol. The molecule has 0 spiro atoms. The number of esters is 1. The maximum atomic E-state index is 10.4. The molecule has 3 heteroatoms.